The molecule has 1 fully saturated rings. The molecule has 7 nitrogen and oxygen atoms in total. The van der Waals surface area contributed by atoms with Crippen molar-refractivity contribution in [2.45, 2.75) is 26.3 Å². The maximum absolute atomic E-state index is 11.5. The smallest absolute Gasteiger partial charge is 0.315 e. The van der Waals surface area contributed by atoms with Gasteiger partial charge in [-0.15, -0.1) is 0 Å². The van der Waals surface area contributed by atoms with Crippen LogP contribution in [0.4, 0.5) is 4.79 Å². The zero-order chi connectivity index (χ0) is 13.2. The van der Waals surface area contributed by atoms with E-state index in [1.54, 1.807) is 6.20 Å². The van der Waals surface area contributed by atoms with Gasteiger partial charge in [0.2, 0.25) is 0 Å². The summed E-state index contributed by atoms with van der Waals surface area (Å²) in [6, 6.07) is -0.358. The lowest BCUT2D eigenvalue weighted by Crippen LogP contribution is -2.40. The van der Waals surface area contributed by atoms with Crippen molar-refractivity contribution in [3.8, 4) is 0 Å². The molecular formula is C11H16N4O3. The van der Waals surface area contributed by atoms with Gasteiger partial charge in [0.05, 0.1) is 11.6 Å². The number of nitrogens with zero attached hydrogens (tertiary/aromatic N) is 1. The topological polar surface area (TPSA) is 107 Å². The van der Waals surface area contributed by atoms with Crippen molar-refractivity contribution in [3.63, 3.8) is 0 Å². The number of aromatic amines is 1. The molecule has 4 N–H and O–H groups in total. The fraction of sp³-hybridized carbons (Fsp3) is 0.545. The molecule has 0 aliphatic heterocycles. The van der Waals surface area contributed by atoms with Crippen molar-refractivity contribution >= 4 is 12.0 Å². The largest absolute Gasteiger partial charge is 0.481 e. The third-order valence-electron chi connectivity index (χ3n) is 3.27. The molecule has 1 aromatic heterocycles. The Balaban J connectivity index is 1.73. The Bertz CT molecular complexity index is 465. The van der Waals surface area contributed by atoms with Crippen LogP contribution in [0, 0.1) is 12.3 Å². The summed E-state index contributed by atoms with van der Waals surface area (Å²) in [5, 5.41) is 20.8. The lowest BCUT2D eigenvalue weighted by Gasteiger charge is -2.11. The van der Waals surface area contributed by atoms with E-state index >= 15 is 0 Å². The van der Waals surface area contributed by atoms with E-state index in [2.05, 4.69) is 20.8 Å². The van der Waals surface area contributed by atoms with E-state index in [4.69, 9.17) is 5.11 Å². The Morgan fingerprint density at radius 3 is 2.72 bits per heavy atom. The molecule has 1 aliphatic rings. The lowest BCUT2D eigenvalue weighted by molar-refractivity contribution is -0.143. The molecule has 0 bridgehead atoms. The quantitative estimate of drug-likeness (QED) is 0.607. The third-order valence-corrected chi connectivity index (χ3v) is 3.27. The van der Waals surface area contributed by atoms with Crippen LogP contribution in [0.15, 0.2) is 6.20 Å². The first-order valence-electron chi connectivity index (χ1n) is 5.77. The molecule has 2 amide bonds. The summed E-state index contributed by atoms with van der Waals surface area (Å²) in [6.45, 7) is 2.41. The van der Waals surface area contributed by atoms with Crippen LogP contribution in [0.3, 0.4) is 0 Å². The first-order chi connectivity index (χ1) is 8.53. The number of carbonyl (C=O) groups is 2. The SMILES string of the molecule is Cc1[nH]ncc1CNC(=O)NCC1(C(=O)O)CC1. The Kier molecular flexibility index (Phi) is 3.22. The average Bonchev–Trinajstić information content (AvgIpc) is 3.02. The number of aromatic nitrogens is 2. The van der Waals surface area contributed by atoms with Gasteiger partial charge in [0.1, 0.15) is 0 Å². The molecule has 2 rings (SSSR count). The van der Waals surface area contributed by atoms with Crippen molar-refractivity contribution in [3.05, 3.63) is 17.5 Å². The molecule has 1 aliphatic carbocycles. The van der Waals surface area contributed by atoms with E-state index in [0.717, 1.165) is 11.3 Å². The van der Waals surface area contributed by atoms with Crippen LogP contribution < -0.4 is 10.6 Å². The van der Waals surface area contributed by atoms with Gasteiger partial charge in [-0.25, -0.2) is 4.79 Å². The summed E-state index contributed by atoms with van der Waals surface area (Å²) in [4.78, 5) is 22.4. The fourth-order valence-electron chi connectivity index (χ4n) is 1.66. The summed E-state index contributed by atoms with van der Waals surface area (Å²) >= 11 is 0. The number of rotatable bonds is 5. The van der Waals surface area contributed by atoms with Crippen molar-refractivity contribution in [1.29, 1.82) is 0 Å². The number of carboxylic acids is 1. The predicted octanol–water partition coefficient (Wildman–Crippen LogP) is 0.382. The molecule has 7 heteroatoms. The number of aliphatic carboxylic acids is 1. The van der Waals surface area contributed by atoms with E-state index in [9.17, 15) is 9.59 Å². The molecule has 0 spiro atoms. The van der Waals surface area contributed by atoms with Crippen LogP contribution in [-0.2, 0) is 11.3 Å². The maximum Gasteiger partial charge on any atom is 0.315 e. The number of H-pyrrole nitrogens is 1. The zero-order valence-electron chi connectivity index (χ0n) is 10.1. The van der Waals surface area contributed by atoms with Gasteiger partial charge in [0.25, 0.3) is 0 Å². The number of carboxylic acid groups (broad SMARTS) is 1. The summed E-state index contributed by atoms with van der Waals surface area (Å²) in [5.74, 6) is -0.839. The Morgan fingerprint density at radius 2 is 2.22 bits per heavy atom. The minimum absolute atomic E-state index is 0.179. The number of carbonyl (C=O) groups excluding carboxylic acids is 1. The highest BCUT2D eigenvalue weighted by Crippen LogP contribution is 2.45. The summed E-state index contributed by atoms with van der Waals surface area (Å²) in [6.07, 6.45) is 2.90. The van der Waals surface area contributed by atoms with Crippen LogP contribution in [0.1, 0.15) is 24.1 Å². The van der Waals surface area contributed by atoms with Gasteiger partial charge in [-0.2, -0.15) is 5.10 Å². The summed E-state index contributed by atoms with van der Waals surface area (Å²) in [7, 11) is 0. The average molecular weight is 252 g/mol. The number of urea groups is 1. The van der Waals surface area contributed by atoms with Crippen molar-refractivity contribution < 1.29 is 14.7 Å². The molecule has 1 aromatic rings. The van der Waals surface area contributed by atoms with Gasteiger partial charge < -0.3 is 15.7 Å². The van der Waals surface area contributed by atoms with Crippen molar-refractivity contribution in [2.75, 3.05) is 6.54 Å². The minimum Gasteiger partial charge on any atom is -0.481 e. The molecule has 0 unspecified atom stereocenters. The Morgan fingerprint density at radius 1 is 1.50 bits per heavy atom. The van der Waals surface area contributed by atoms with Gasteiger partial charge in [-0.05, 0) is 19.8 Å². The van der Waals surface area contributed by atoms with E-state index in [0.29, 0.717) is 19.4 Å². The molecule has 0 saturated heterocycles. The number of amides is 2. The van der Waals surface area contributed by atoms with Crippen LogP contribution in [0.25, 0.3) is 0 Å². The second kappa shape index (κ2) is 4.67. The lowest BCUT2D eigenvalue weighted by atomic mass is 10.1. The minimum atomic E-state index is -0.839. The van der Waals surface area contributed by atoms with E-state index in [-0.39, 0.29) is 12.6 Å². The number of nitrogens with one attached hydrogen (secondary N) is 3. The highest BCUT2D eigenvalue weighted by molar-refractivity contribution is 5.80. The molecule has 0 atom stereocenters. The molecular weight excluding hydrogens is 236 g/mol. The molecule has 0 aromatic carbocycles. The predicted molar refractivity (Wildman–Crippen MR) is 62.9 cm³/mol. The van der Waals surface area contributed by atoms with Gasteiger partial charge in [0.15, 0.2) is 0 Å². The van der Waals surface area contributed by atoms with Gasteiger partial charge in [-0.1, -0.05) is 0 Å². The second-order valence-electron chi connectivity index (χ2n) is 4.64. The van der Waals surface area contributed by atoms with Crippen molar-refractivity contribution in [2.24, 2.45) is 5.41 Å². The molecule has 1 heterocycles. The summed E-state index contributed by atoms with van der Waals surface area (Å²) in [5.41, 5.74) is 1.08. The highest BCUT2D eigenvalue weighted by Gasteiger charge is 2.50. The monoisotopic (exact) mass is 252 g/mol. The molecule has 0 radical (unpaired) electrons. The van der Waals surface area contributed by atoms with E-state index < -0.39 is 11.4 Å². The maximum atomic E-state index is 11.5. The van der Waals surface area contributed by atoms with Gasteiger partial charge >= 0.3 is 12.0 Å². The molecule has 18 heavy (non-hydrogen) atoms. The number of aryl methyl sites for hydroxylation is 1. The van der Waals surface area contributed by atoms with Crippen molar-refractivity contribution in [1.82, 2.24) is 20.8 Å². The number of hydrogen-bond acceptors (Lipinski definition) is 3. The summed E-state index contributed by atoms with van der Waals surface area (Å²) < 4.78 is 0. The van der Waals surface area contributed by atoms with Crippen LogP contribution in [0.5, 0.6) is 0 Å². The Labute approximate surface area is 104 Å². The third kappa shape index (κ3) is 2.61. The zero-order valence-corrected chi connectivity index (χ0v) is 10.1. The highest BCUT2D eigenvalue weighted by atomic mass is 16.4. The first-order valence-corrected chi connectivity index (χ1v) is 5.77. The van der Waals surface area contributed by atoms with E-state index in [1.807, 2.05) is 6.92 Å². The van der Waals surface area contributed by atoms with Gasteiger partial charge in [0, 0.05) is 24.3 Å². The Hall–Kier alpha value is -2.05. The molecule has 1 saturated carbocycles. The second-order valence-corrected chi connectivity index (χ2v) is 4.64. The first kappa shape index (κ1) is 12.4. The van der Waals surface area contributed by atoms with Crippen LogP contribution in [-0.4, -0.2) is 33.8 Å². The number of hydrogen-bond donors (Lipinski definition) is 4. The van der Waals surface area contributed by atoms with Crippen LogP contribution >= 0.6 is 0 Å². The van der Waals surface area contributed by atoms with E-state index in [1.165, 1.54) is 0 Å². The fourth-order valence-corrected chi connectivity index (χ4v) is 1.66. The van der Waals surface area contributed by atoms with Crippen LogP contribution in [0.2, 0.25) is 0 Å². The standard InChI is InChI=1S/C11H16N4O3/c1-7-8(5-14-15-7)4-12-10(18)13-6-11(2-3-11)9(16)17/h5H,2-4,6H2,1H3,(H,14,15)(H,16,17)(H2,12,13,18). The molecule has 98 valence electrons. The van der Waals surface area contributed by atoms with Gasteiger partial charge in [-0.3, -0.25) is 9.89 Å². The normalized spacial score (nSPS) is 16.1.